The van der Waals surface area contributed by atoms with Gasteiger partial charge in [0.15, 0.2) is 0 Å². The summed E-state index contributed by atoms with van der Waals surface area (Å²) >= 11 is 0. The summed E-state index contributed by atoms with van der Waals surface area (Å²) in [5, 5.41) is 0. The van der Waals surface area contributed by atoms with Gasteiger partial charge in [-0.25, -0.2) is 0 Å². The van der Waals surface area contributed by atoms with Crippen LogP contribution in [0.25, 0.3) is 0 Å². The quantitative estimate of drug-likeness (QED) is 0.856. The van der Waals surface area contributed by atoms with Crippen molar-refractivity contribution in [1.29, 1.82) is 0 Å². The maximum atomic E-state index is 6.00. The normalized spacial score (nSPS) is 32.8. The monoisotopic (exact) mass is 274 g/mol. The van der Waals surface area contributed by atoms with Gasteiger partial charge in [0.25, 0.3) is 0 Å². The highest BCUT2D eigenvalue weighted by molar-refractivity contribution is 5.85. The zero-order valence-electron chi connectivity index (χ0n) is 12.1. The van der Waals surface area contributed by atoms with E-state index >= 15 is 0 Å². The third-order valence-electron chi connectivity index (χ3n) is 4.94. The predicted octanol–water partition coefficient (Wildman–Crippen LogP) is 3.29. The molecule has 0 aromatic heterocycles. The fourth-order valence-electron chi connectivity index (χ4n) is 3.75. The maximum absolute atomic E-state index is 6.00. The molecular weight excluding hydrogens is 244 g/mol. The van der Waals surface area contributed by atoms with Gasteiger partial charge in [-0.3, -0.25) is 0 Å². The number of halogens is 1. The molecule has 0 radical (unpaired) electrons. The van der Waals surface area contributed by atoms with Gasteiger partial charge in [0.2, 0.25) is 0 Å². The fraction of sp³-hybridized carbons (Fsp3) is 1.00. The molecule has 18 heavy (non-hydrogen) atoms. The van der Waals surface area contributed by atoms with Gasteiger partial charge in [0.05, 0.1) is 0 Å². The van der Waals surface area contributed by atoms with Gasteiger partial charge in [-0.15, -0.1) is 12.4 Å². The van der Waals surface area contributed by atoms with Crippen LogP contribution in [0.4, 0.5) is 0 Å². The van der Waals surface area contributed by atoms with Crippen molar-refractivity contribution < 1.29 is 0 Å². The van der Waals surface area contributed by atoms with E-state index in [4.69, 9.17) is 5.73 Å². The highest BCUT2D eigenvalue weighted by Crippen LogP contribution is 2.30. The molecular formula is C15H31ClN2. The van der Waals surface area contributed by atoms with E-state index in [1.54, 1.807) is 0 Å². The fourth-order valence-corrected chi connectivity index (χ4v) is 3.75. The summed E-state index contributed by atoms with van der Waals surface area (Å²) in [7, 11) is 0. The number of nitrogens with zero attached hydrogens (tertiary/aromatic N) is 1. The molecule has 3 atom stereocenters. The first kappa shape index (κ1) is 16.3. The second-order valence-corrected chi connectivity index (χ2v) is 6.63. The molecule has 0 aromatic carbocycles. The Labute approximate surface area is 119 Å². The molecule has 0 bridgehead atoms. The van der Waals surface area contributed by atoms with E-state index in [9.17, 15) is 0 Å². The summed E-state index contributed by atoms with van der Waals surface area (Å²) in [6, 6.07) is 0.395. The molecule has 1 saturated carbocycles. The van der Waals surface area contributed by atoms with E-state index in [1.165, 1.54) is 58.2 Å². The highest BCUT2D eigenvalue weighted by atomic mass is 35.5. The summed E-state index contributed by atoms with van der Waals surface area (Å²) in [4.78, 5) is 2.70. The van der Waals surface area contributed by atoms with Gasteiger partial charge < -0.3 is 10.6 Å². The second kappa shape index (κ2) is 7.72. The molecule has 2 fully saturated rings. The lowest BCUT2D eigenvalue weighted by atomic mass is 9.81. The van der Waals surface area contributed by atoms with Crippen molar-refractivity contribution in [3.05, 3.63) is 0 Å². The molecule has 1 aliphatic carbocycles. The largest absolute Gasteiger partial charge is 0.328 e. The van der Waals surface area contributed by atoms with Crippen molar-refractivity contribution in [2.24, 2.45) is 23.5 Å². The zero-order chi connectivity index (χ0) is 12.3. The van der Waals surface area contributed by atoms with Crippen LogP contribution in [-0.2, 0) is 0 Å². The van der Waals surface area contributed by atoms with Crippen molar-refractivity contribution in [3.63, 3.8) is 0 Å². The Hall–Kier alpha value is 0.210. The number of nitrogens with two attached hydrogens (primary N) is 1. The topological polar surface area (TPSA) is 29.3 Å². The first-order valence-electron chi connectivity index (χ1n) is 7.63. The Bertz CT molecular complexity index is 225. The molecule has 2 N–H and O–H groups in total. The molecule has 1 heterocycles. The Morgan fingerprint density at radius 3 is 2.39 bits per heavy atom. The van der Waals surface area contributed by atoms with Crippen molar-refractivity contribution in [1.82, 2.24) is 4.90 Å². The smallest absolute Gasteiger partial charge is 0.00397 e. The van der Waals surface area contributed by atoms with Crippen LogP contribution in [0, 0.1) is 17.8 Å². The third kappa shape index (κ3) is 4.71. The molecule has 3 unspecified atom stereocenters. The van der Waals surface area contributed by atoms with Gasteiger partial charge in [0.1, 0.15) is 0 Å². The summed E-state index contributed by atoms with van der Waals surface area (Å²) in [5.41, 5.74) is 6.00. The third-order valence-corrected chi connectivity index (χ3v) is 4.94. The minimum absolute atomic E-state index is 0. The Morgan fingerprint density at radius 1 is 1.17 bits per heavy atom. The average molecular weight is 275 g/mol. The standard InChI is InChI=1S/C15H30N2.ClH/c1-12-4-3-5-14(10-12)11-17-8-6-15(7-9-17)13(2)16;/h12-15H,3-11,16H2,1-2H3;1H. The summed E-state index contributed by atoms with van der Waals surface area (Å²) in [6.45, 7) is 8.53. The van der Waals surface area contributed by atoms with E-state index in [1.807, 2.05) is 0 Å². The number of likely N-dealkylation sites (tertiary alicyclic amines) is 1. The van der Waals surface area contributed by atoms with E-state index in [-0.39, 0.29) is 12.4 Å². The lowest BCUT2D eigenvalue weighted by Crippen LogP contribution is -2.42. The van der Waals surface area contributed by atoms with Crippen LogP contribution in [-0.4, -0.2) is 30.6 Å². The number of rotatable bonds is 3. The minimum Gasteiger partial charge on any atom is -0.328 e. The van der Waals surface area contributed by atoms with E-state index in [0.717, 1.165) is 17.8 Å². The van der Waals surface area contributed by atoms with E-state index < -0.39 is 0 Å². The van der Waals surface area contributed by atoms with Crippen LogP contribution in [0.5, 0.6) is 0 Å². The molecule has 1 saturated heterocycles. The van der Waals surface area contributed by atoms with Gasteiger partial charge in [-0.05, 0) is 63.5 Å². The lowest BCUT2D eigenvalue weighted by Gasteiger charge is -2.37. The highest BCUT2D eigenvalue weighted by Gasteiger charge is 2.25. The van der Waals surface area contributed by atoms with Crippen molar-refractivity contribution in [2.75, 3.05) is 19.6 Å². The first-order chi connectivity index (χ1) is 8.15. The molecule has 2 nitrogen and oxygen atoms in total. The molecule has 3 heteroatoms. The van der Waals surface area contributed by atoms with Crippen LogP contribution in [0.15, 0.2) is 0 Å². The minimum atomic E-state index is 0. The number of hydrogen-bond donors (Lipinski definition) is 1. The molecule has 0 amide bonds. The average Bonchev–Trinajstić information content (AvgIpc) is 2.29. The van der Waals surface area contributed by atoms with E-state index in [0.29, 0.717) is 6.04 Å². The van der Waals surface area contributed by atoms with Crippen LogP contribution in [0.3, 0.4) is 0 Å². The second-order valence-electron chi connectivity index (χ2n) is 6.63. The Kier molecular flexibility index (Phi) is 6.97. The molecule has 0 spiro atoms. The maximum Gasteiger partial charge on any atom is 0.00397 e. The predicted molar refractivity (Wildman–Crippen MR) is 81.2 cm³/mol. The Balaban J connectivity index is 0.00000162. The molecule has 1 aliphatic heterocycles. The van der Waals surface area contributed by atoms with Crippen LogP contribution in [0.2, 0.25) is 0 Å². The summed E-state index contributed by atoms with van der Waals surface area (Å²) in [6.07, 6.45) is 8.50. The van der Waals surface area contributed by atoms with Gasteiger partial charge in [0, 0.05) is 12.6 Å². The zero-order valence-corrected chi connectivity index (χ0v) is 12.9. The summed E-state index contributed by atoms with van der Waals surface area (Å²) < 4.78 is 0. The number of piperidine rings is 1. The van der Waals surface area contributed by atoms with Crippen LogP contribution < -0.4 is 5.73 Å². The molecule has 2 aliphatic rings. The molecule has 2 rings (SSSR count). The van der Waals surface area contributed by atoms with E-state index in [2.05, 4.69) is 18.7 Å². The van der Waals surface area contributed by atoms with Gasteiger partial charge in [-0.2, -0.15) is 0 Å². The van der Waals surface area contributed by atoms with Crippen molar-refractivity contribution >= 4 is 12.4 Å². The first-order valence-corrected chi connectivity index (χ1v) is 7.63. The number of hydrogen-bond acceptors (Lipinski definition) is 2. The Morgan fingerprint density at radius 2 is 1.83 bits per heavy atom. The summed E-state index contributed by atoms with van der Waals surface area (Å²) in [5.74, 6) is 2.72. The van der Waals surface area contributed by atoms with Crippen molar-refractivity contribution in [3.8, 4) is 0 Å². The van der Waals surface area contributed by atoms with Crippen molar-refractivity contribution in [2.45, 2.75) is 58.4 Å². The molecule has 0 aromatic rings. The SMILES string of the molecule is CC1CCCC(CN2CCC(C(C)N)CC2)C1.Cl. The van der Waals surface area contributed by atoms with Gasteiger partial charge in [-0.1, -0.05) is 19.8 Å². The van der Waals surface area contributed by atoms with Crippen LogP contribution in [0.1, 0.15) is 52.4 Å². The van der Waals surface area contributed by atoms with Gasteiger partial charge >= 0.3 is 0 Å². The lowest BCUT2D eigenvalue weighted by molar-refractivity contribution is 0.129. The molecule has 108 valence electrons. The van der Waals surface area contributed by atoms with Crippen LogP contribution >= 0.6 is 12.4 Å².